The molecule has 0 saturated heterocycles. The van der Waals surface area contributed by atoms with Crippen molar-refractivity contribution in [1.29, 1.82) is 0 Å². The molecule has 0 spiro atoms. The Morgan fingerprint density at radius 1 is 1.14 bits per heavy atom. The van der Waals surface area contributed by atoms with Crippen LogP contribution in [0.15, 0.2) is 35.3 Å². The summed E-state index contributed by atoms with van der Waals surface area (Å²) in [6, 6.07) is 9.45. The van der Waals surface area contributed by atoms with Crippen molar-refractivity contribution in [3.05, 3.63) is 30.3 Å². The average molecular weight is 502 g/mol. The number of rotatable bonds is 10. The predicted molar refractivity (Wildman–Crippen MR) is 126 cm³/mol. The number of hydrogen-bond acceptors (Lipinski definition) is 3. The Balaban J connectivity index is 0.00000392. The van der Waals surface area contributed by atoms with Crippen LogP contribution in [0.3, 0.4) is 0 Å². The molecule has 0 radical (unpaired) electrons. The molecule has 1 amide bonds. The SMILES string of the molecule is CCNC(=NCC(=O)Nc1ccccc1)NCC1(CCOCC)CCCC1.I. The van der Waals surface area contributed by atoms with E-state index in [4.69, 9.17) is 4.74 Å². The molecule has 3 N–H and O–H groups in total. The molecular formula is C21H35IN4O2. The van der Waals surface area contributed by atoms with Crippen molar-refractivity contribution < 1.29 is 9.53 Å². The van der Waals surface area contributed by atoms with E-state index in [1.807, 2.05) is 44.2 Å². The van der Waals surface area contributed by atoms with Crippen molar-refractivity contribution >= 4 is 41.5 Å². The maximum Gasteiger partial charge on any atom is 0.246 e. The van der Waals surface area contributed by atoms with Gasteiger partial charge in [0.25, 0.3) is 0 Å². The second kappa shape index (κ2) is 13.8. The van der Waals surface area contributed by atoms with E-state index in [-0.39, 0.29) is 41.8 Å². The summed E-state index contributed by atoms with van der Waals surface area (Å²) in [6.45, 7) is 7.37. The number of para-hydroxylation sites is 1. The highest BCUT2D eigenvalue weighted by Gasteiger charge is 2.33. The molecule has 0 unspecified atom stereocenters. The van der Waals surface area contributed by atoms with Crippen molar-refractivity contribution in [2.75, 3.05) is 38.2 Å². The van der Waals surface area contributed by atoms with Crippen LogP contribution < -0.4 is 16.0 Å². The molecule has 1 saturated carbocycles. The molecule has 1 aromatic rings. The lowest BCUT2D eigenvalue weighted by Crippen LogP contribution is -2.43. The van der Waals surface area contributed by atoms with Crippen molar-refractivity contribution in [1.82, 2.24) is 10.6 Å². The number of ether oxygens (including phenoxy) is 1. The summed E-state index contributed by atoms with van der Waals surface area (Å²) in [5.74, 6) is 0.578. The fourth-order valence-corrected chi connectivity index (χ4v) is 3.56. The molecule has 2 rings (SSSR count). The van der Waals surface area contributed by atoms with Crippen molar-refractivity contribution in [2.24, 2.45) is 10.4 Å². The van der Waals surface area contributed by atoms with Crippen LogP contribution in [0.1, 0.15) is 46.0 Å². The average Bonchev–Trinajstić information content (AvgIpc) is 3.14. The minimum Gasteiger partial charge on any atom is -0.382 e. The van der Waals surface area contributed by atoms with Crippen LogP contribution in [0.2, 0.25) is 0 Å². The van der Waals surface area contributed by atoms with Gasteiger partial charge in [0.1, 0.15) is 6.54 Å². The molecule has 6 nitrogen and oxygen atoms in total. The molecular weight excluding hydrogens is 467 g/mol. The first kappa shape index (κ1) is 24.7. The van der Waals surface area contributed by atoms with Crippen molar-refractivity contribution in [3.63, 3.8) is 0 Å². The van der Waals surface area contributed by atoms with Gasteiger partial charge in [-0.1, -0.05) is 31.0 Å². The first-order valence-corrected chi connectivity index (χ1v) is 10.1. The Morgan fingerprint density at radius 3 is 2.50 bits per heavy atom. The number of amides is 1. The minimum atomic E-state index is -0.120. The normalized spacial score (nSPS) is 15.6. The van der Waals surface area contributed by atoms with E-state index in [1.165, 1.54) is 25.7 Å². The van der Waals surface area contributed by atoms with Crippen LogP contribution in [-0.4, -0.2) is 44.7 Å². The van der Waals surface area contributed by atoms with Gasteiger partial charge < -0.3 is 20.7 Å². The van der Waals surface area contributed by atoms with Crippen molar-refractivity contribution in [3.8, 4) is 0 Å². The number of nitrogens with zero attached hydrogens (tertiary/aromatic N) is 1. The standard InChI is InChI=1S/C21H34N4O2.HI/c1-3-22-20(23-16-19(26)25-18-10-6-5-7-11-18)24-17-21(12-8-9-13-21)14-15-27-4-2;/h5-7,10-11H,3-4,8-9,12-17H2,1-2H3,(H,25,26)(H2,22,23,24);1H. The number of hydrogen-bond donors (Lipinski definition) is 3. The van der Waals surface area contributed by atoms with Gasteiger partial charge in [-0.15, -0.1) is 24.0 Å². The number of nitrogens with one attached hydrogen (secondary N) is 3. The Kier molecular flexibility index (Phi) is 12.1. The lowest BCUT2D eigenvalue weighted by molar-refractivity contribution is -0.114. The number of aliphatic imine (C=N–C) groups is 1. The van der Waals surface area contributed by atoms with Gasteiger partial charge in [0.2, 0.25) is 5.91 Å². The van der Waals surface area contributed by atoms with Crippen LogP contribution in [-0.2, 0) is 9.53 Å². The summed E-state index contributed by atoms with van der Waals surface area (Å²) in [6.07, 6.45) is 6.08. The molecule has 158 valence electrons. The van der Waals surface area contributed by atoms with Gasteiger partial charge in [0.05, 0.1) is 0 Å². The predicted octanol–water partition coefficient (Wildman–Crippen LogP) is 3.79. The first-order chi connectivity index (χ1) is 13.2. The molecule has 0 heterocycles. The van der Waals surface area contributed by atoms with Gasteiger partial charge in [0.15, 0.2) is 5.96 Å². The lowest BCUT2D eigenvalue weighted by atomic mass is 9.83. The number of carbonyl (C=O) groups excluding carboxylic acids is 1. The van der Waals surface area contributed by atoms with E-state index in [0.29, 0.717) is 5.96 Å². The minimum absolute atomic E-state index is 0. The Morgan fingerprint density at radius 2 is 1.86 bits per heavy atom. The molecule has 0 atom stereocenters. The Labute approximate surface area is 186 Å². The highest BCUT2D eigenvalue weighted by molar-refractivity contribution is 14.0. The number of anilines is 1. The third kappa shape index (κ3) is 8.77. The molecule has 7 heteroatoms. The van der Waals surface area contributed by atoms with E-state index in [0.717, 1.165) is 38.4 Å². The Hall–Kier alpha value is -1.35. The quantitative estimate of drug-likeness (QED) is 0.197. The largest absolute Gasteiger partial charge is 0.382 e. The van der Waals surface area contributed by atoms with Gasteiger partial charge in [-0.3, -0.25) is 4.79 Å². The molecule has 0 bridgehead atoms. The molecule has 1 aliphatic rings. The third-order valence-corrected chi connectivity index (χ3v) is 5.06. The summed E-state index contributed by atoms with van der Waals surface area (Å²) in [5, 5.41) is 9.55. The topological polar surface area (TPSA) is 74.8 Å². The Bertz CT molecular complexity index is 589. The summed E-state index contributed by atoms with van der Waals surface area (Å²) in [5.41, 5.74) is 1.06. The summed E-state index contributed by atoms with van der Waals surface area (Å²) in [4.78, 5) is 16.6. The van der Waals surface area contributed by atoms with Gasteiger partial charge in [-0.05, 0) is 50.7 Å². The monoisotopic (exact) mass is 502 g/mol. The first-order valence-electron chi connectivity index (χ1n) is 10.1. The molecule has 0 aromatic heterocycles. The van der Waals surface area contributed by atoms with Crippen LogP contribution in [0, 0.1) is 5.41 Å². The third-order valence-electron chi connectivity index (χ3n) is 5.06. The molecule has 1 aromatic carbocycles. The highest BCUT2D eigenvalue weighted by atomic mass is 127. The number of guanidine groups is 1. The van der Waals surface area contributed by atoms with E-state index in [2.05, 4.69) is 20.9 Å². The van der Waals surface area contributed by atoms with Crippen LogP contribution >= 0.6 is 24.0 Å². The second-order valence-corrected chi connectivity index (χ2v) is 7.12. The van der Waals surface area contributed by atoms with E-state index >= 15 is 0 Å². The van der Waals surface area contributed by atoms with Gasteiger partial charge in [0, 0.05) is 32.0 Å². The zero-order chi connectivity index (χ0) is 19.4. The number of carbonyl (C=O) groups is 1. The van der Waals surface area contributed by atoms with E-state index < -0.39 is 0 Å². The zero-order valence-electron chi connectivity index (χ0n) is 17.1. The summed E-state index contributed by atoms with van der Waals surface area (Å²) < 4.78 is 5.58. The van der Waals surface area contributed by atoms with Gasteiger partial charge in [-0.2, -0.15) is 0 Å². The highest BCUT2D eigenvalue weighted by Crippen LogP contribution is 2.40. The van der Waals surface area contributed by atoms with Gasteiger partial charge in [-0.25, -0.2) is 4.99 Å². The van der Waals surface area contributed by atoms with Gasteiger partial charge >= 0.3 is 0 Å². The van der Waals surface area contributed by atoms with E-state index in [9.17, 15) is 4.79 Å². The lowest BCUT2D eigenvalue weighted by Gasteiger charge is -2.30. The smallest absolute Gasteiger partial charge is 0.246 e. The maximum atomic E-state index is 12.1. The summed E-state index contributed by atoms with van der Waals surface area (Å²) in [7, 11) is 0. The van der Waals surface area contributed by atoms with E-state index in [1.54, 1.807) is 0 Å². The van der Waals surface area contributed by atoms with Crippen LogP contribution in [0.5, 0.6) is 0 Å². The molecule has 1 fully saturated rings. The second-order valence-electron chi connectivity index (χ2n) is 7.12. The summed E-state index contributed by atoms with van der Waals surface area (Å²) >= 11 is 0. The fourth-order valence-electron chi connectivity index (χ4n) is 3.56. The van der Waals surface area contributed by atoms with Crippen LogP contribution in [0.4, 0.5) is 5.69 Å². The fraction of sp³-hybridized carbons (Fsp3) is 0.619. The number of halogens is 1. The zero-order valence-corrected chi connectivity index (χ0v) is 19.5. The maximum absolute atomic E-state index is 12.1. The molecule has 1 aliphatic carbocycles. The molecule has 0 aliphatic heterocycles. The number of benzene rings is 1. The van der Waals surface area contributed by atoms with Crippen LogP contribution in [0.25, 0.3) is 0 Å². The van der Waals surface area contributed by atoms with Crippen molar-refractivity contribution in [2.45, 2.75) is 46.0 Å². The molecule has 28 heavy (non-hydrogen) atoms.